The number of nitrogens with zero attached hydrogens (tertiary/aromatic N) is 5. The summed E-state index contributed by atoms with van der Waals surface area (Å²) < 4.78 is 7.64. The molecule has 0 aliphatic carbocycles. The average Bonchev–Trinajstić information content (AvgIpc) is 3.31. The van der Waals surface area contributed by atoms with Gasteiger partial charge in [0.2, 0.25) is 0 Å². The van der Waals surface area contributed by atoms with Crippen molar-refractivity contribution in [1.82, 2.24) is 19.7 Å². The fourth-order valence-electron chi connectivity index (χ4n) is 4.13. The summed E-state index contributed by atoms with van der Waals surface area (Å²) in [6, 6.07) is 18.6. The van der Waals surface area contributed by atoms with E-state index in [1.807, 2.05) is 30.3 Å². The zero-order chi connectivity index (χ0) is 23.3. The molecule has 0 bridgehead atoms. The molecule has 1 N–H and O–H groups in total. The van der Waals surface area contributed by atoms with Crippen LogP contribution in [0.25, 0.3) is 0 Å². The Hall–Kier alpha value is -2.90. The van der Waals surface area contributed by atoms with E-state index in [0.29, 0.717) is 19.7 Å². The van der Waals surface area contributed by atoms with Crippen LogP contribution in [0.5, 0.6) is 5.75 Å². The molecule has 1 aliphatic heterocycles. The van der Waals surface area contributed by atoms with Crippen LogP contribution in [0.3, 0.4) is 0 Å². The minimum atomic E-state index is -0.902. The van der Waals surface area contributed by atoms with Gasteiger partial charge in [-0.15, -0.1) is 0 Å². The van der Waals surface area contributed by atoms with E-state index in [1.54, 1.807) is 11.0 Å². The number of hydrogen-bond donors (Lipinski definition) is 1. The molecule has 1 aliphatic rings. The van der Waals surface area contributed by atoms with Gasteiger partial charge >= 0.3 is 0 Å². The van der Waals surface area contributed by atoms with E-state index in [0.717, 1.165) is 37.5 Å². The average molecular weight is 450 g/mol. The van der Waals surface area contributed by atoms with E-state index in [4.69, 9.17) is 4.74 Å². The van der Waals surface area contributed by atoms with Crippen molar-refractivity contribution >= 4 is 5.69 Å². The molecule has 2 aromatic carbocycles. The van der Waals surface area contributed by atoms with E-state index < -0.39 is 5.60 Å². The Labute approximate surface area is 196 Å². The number of aliphatic hydroxyl groups is 1. The molecule has 1 aromatic heterocycles. The summed E-state index contributed by atoms with van der Waals surface area (Å²) >= 11 is 0. The first-order valence-corrected chi connectivity index (χ1v) is 11.6. The van der Waals surface area contributed by atoms with Crippen molar-refractivity contribution in [2.75, 3.05) is 37.6 Å². The summed E-state index contributed by atoms with van der Waals surface area (Å²) in [5, 5.41) is 15.8. The molecule has 1 fully saturated rings. The van der Waals surface area contributed by atoms with Crippen molar-refractivity contribution in [3.05, 3.63) is 72.8 Å². The van der Waals surface area contributed by atoms with Crippen LogP contribution >= 0.6 is 0 Å². The van der Waals surface area contributed by atoms with Crippen LogP contribution in [0.2, 0.25) is 0 Å². The van der Waals surface area contributed by atoms with Crippen molar-refractivity contribution in [2.24, 2.45) is 5.41 Å². The van der Waals surface area contributed by atoms with Crippen molar-refractivity contribution in [1.29, 1.82) is 0 Å². The maximum Gasteiger partial charge on any atom is 0.137 e. The molecule has 0 saturated carbocycles. The lowest BCUT2D eigenvalue weighted by Crippen LogP contribution is -2.58. The fourth-order valence-corrected chi connectivity index (χ4v) is 4.13. The first-order chi connectivity index (χ1) is 15.8. The maximum absolute atomic E-state index is 11.6. The number of hydrogen-bond acceptors (Lipinski definition) is 6. The Balaban J connectivity index is 1.30. The first-order valence-electron chi connectivity index (χ1n) is 11.6. The van der Waals surface area contributed by atoms with Crippen LogP contribution in [-0.4, -0.2) is 63.1 Å². The second-order valence-corrected chi connectivity index (χ2v) is 9.91. The number of aromatic nitrogens is 3. The lowest BCUT2D eigenvalue weighted by Gasteiger charge is -2.45. The number of benzene rings is 2. The van der Waals surface area contributed by atoms with Crippen LogP contribution in [0, 0.1) is 5.41 Å². The summed E-state index contributed by atoms with van der Waals surface area (Å²) in [4.78, 5) is 8.77. The SMILES string of the molecule is CC(C)(C)C(O)(CN1CCN(c2ccc(OCc3ccccc3)cc2)CC1)Cn1cncn1. The van der Waals surface area contributed by atoms with E-state index in [2.05, 4.69) is 64.9 Å². The normalized spacial score (nSPS) is 17.0. The van der Waals surface area contributed by atoms with Gasteiger partial charge in [-0.25, -0.2) is 4.98 Å². The molecule has 7 nitrogen and oxygen atoms in total. The van der Waals surface area contributed by atoms with E-state index >= 15 is 0 Å². The largest absolute Gasteiger partial charge is 0.489 e. The molecular weight excluding hydrogens is 414 g/mol. The van der Waals surface area contributed by atoms with Crippen LogP contribution < -0.4 is 9.64 Å². The molecule has 0 radical (unpaired) electrons. The van der Waals surface area contributed by atoms with Gasteiger partial charge in [-0.2, -0.15) is 5.10 Å². The van der Waals surface area contributed by atoms with E-state index in [-0.39, 0.29) is 5.41 Å². The summed E-state index contributed by atoms with van der Waals surface area (Å²) in [6.45, 7) is 11.5. The van der Waals surface area contributed by atoms with Gasteiger partial charge < -0.3 is 14.7 Å². The molecule has 33 heavy (non-hydrogen) atoms. The molecule has 1 saturated heterocycles. The highest BCUT2D eigenvalue weighted by Crippen LogP contribution is 2.33. The highest BCUT2D eigenvalue weighted by atomic mass is 16.5. The predicted molar refractivity (Wildman–Crippen MR) is 130 cm³/mol. The van der Waals surface area contributed by atoms with Crippen molar-refractivity contribution in [2.45, 2.75) is 39.5 Å². The van der Waals surface area contributed by atoms with Crippen molar-refractivity contribution in [3.8, 4) is 5.75 Å². The van der Waals surface area contributed by atoms with E-state index in [9.17, 15) is 5.11 Å². The first kappa shape index (κ1) is 23.3. The van der Waals surface area contributed by atoms with Crippen molar-refractivity contribution in [3.63, 3.8) is 0 Å². The molecule has 1 atom stereocenters. The second-order valence-electron chi connectivity index (χ2n) is 9.91. The van der Waals surface area contributed by atoms with Gasteiger partial charge in [-0.05, 0) is 35.2 Å². The third-order valence-electron chi connectivity index (χ3n) is 6.59. The molecule has 0 amide bonds. The van der Waals surface area contributed by atoms with Gasteiger partial charge in [0.05, 0.1) is 6.54 Å². The molecule has 7 heteroatoms. The molecule has 3 aromatic rings. The molecule has 1 unspecified atom stereocenters. The third-order valence-corrected chi connectivity index (χ3v) is 6.59. The lowest BCUT2D eigenvalue weighted by molar-refractivity contribution is -0.0946. The quantitative estimate of drug-likeness (QED) is 0.568. The lowest BCUT2D eigenvalue weighted by atomic mass is 9.76. The van der Waals surface area contributed by atoms with E-state index in [1.165, 1.54) is 12.0 Å². The number of ether oxygens (including phenoxy) is 1. The number of β-amino-alcohol motifs (C(OH)–C–C–N with tert-alkyl or cyclic N) is 1. The van der Waals surface area contributed by atoms with Gasteiger partial charge in [-0.1, -0.05) is 51.1 Å². The Kier molecular flexibility index (Phi) is 7.00. The predicted octanol–water partition coefficient (Wildman–Crippen LogP) is 3.46. The Bertz CT molecular complexity index is 978. The number of anilines is 1. The third kappa shape index (κ3) is 5.92. The summed E-state index contributed by atoms with van der Waals surface area (Å²) in [5.41, 5.74) is 1.18. The number of piperazine rings is 1. The second kappa shape index (κ2) is 9.93. The Morgan fingerprint density at radius 2 is 1.61 bits per heavy atom. The van der Waals surface area contributed by atoms with Crippen LogP contribution in [0.1, 0.15) is 26.3 Å². The molecule has 4 rings (SSSR count). The summed E-state index contributed by atoms with van der Waals surface area (Å²) in [6.07, 6.45) is 3.18. The molecule has 176 valence electrons. The minimum Gasteiger partial charge on any atom is -0.489 e. The van der Waals surface area contributed by atoms with Crippen molar-refractivity contribution < 1.29 is 9.84 Å². The van der Waals surface area contributed by atoms with Crippen LogP contribution in [-0.2, 0) is 13.2 Å². The monoisotopic (exact) mass is 449 g/mol. The zero-order valence-corrected chi connectivity index (χ0v) is 19.9. The molecule has 2 heterocycles. The minimum absolute atomic E-state index is 0.286. The van der Waals surface area contributed by atoms with Crippen LogP contribution in [0.15, 0.2) is 67.3 Å². The van der Waals surface area contributed by atoms with Crippen LogP contribution in [0.4, 0.5) is 5.69 Å². The Morgan fingerprint density at radius 1 is 0.909 bits per heavy atom. The zero-order valence-electron chi connectivity index (χ0n) is 19.9. The summed E-state index contributed by atoms with van der Waals surface area (Å²) in [7, 11) is 0. The standard InChI is InChI=1S/C26H35N5O2/c1-25(2,3)26(32,19-31-21-27-20-28-31)18-29-13-15-30(16-14-29)23-9-11-24(12-10-23)33-17-22-7-5-4-6-8-22/h4-12,20-21,32H,13-19H2,1-3H3. The summed E-state index contributed by atoms with van der Waals surface area (Å²) in [5.74, 6) is 0.879. The van der Waals surface area contributed by atoms with Gasteiger partial charge in [0, 0.05) is 38.4 Å². The van der Waals surface area contributed by atoms with Gasteiger partial charge in [0.15, 0.2) is 0 Å². The molecular formula is C26H35N5O2. The molecule has 0 spiro atoms. The fraction of sp³-hybridized carbons (Fsp3) is 0.462. The highest BCUT2D eigenvalue weighted by molar-refractivity contribution is 5.49. The maximum atomic E-state index is 11.6. The topological polar surface area (TPSA) is 66.7 Å². The van der Waals surface area contributed by atoms with Gasteiger partial charge in [-0.3, -0.25) is 9.58 Å². The van der Waals surface area contributed by atoms with Gasteiger partial charge in [0.25, 0.3) is 0 Å². The highest BCUT2D eigenvalue weighted by Gasteiger charge is 2.42. The number of rotatable bonds is 8. The Morgan fingerprint density at radius 3 is 2.21 bits per heavy atom. The smallest absolute Gasteiger partial charge is 0.137 e. The van der Waals surface area contributed by atoms with Gasteiger partial charge in [0.1, 0.15) is 30.6 Å².